The molecule has 3 N–H and O–H groups in total. The first-order chi connectivity index (χ1) is 20.1. The number of aromatic nitrogens is 3. The number of hydrogen-bond donors (Lipinski definition) is 3. The average molecular weight is 605 g/mol. The highest BCUT2D eigenvalue weighted by Gasteiger charge is 2.85. The lowest BCUT2D eigenvalue weighted by Crippen LogP contribution is -2.76. The van der Waals surface area contributed by atoms with Crippen LogP contribution < -0.4 is 10.2 Å². The molecule has 0 unspecified atom stereocenters. The van der Waals surface area contributed by atoms with E-state index in [1.54, 1.807) is 0 Å². The van der Waals surface area contributed by atoms with Crippen molar-refractivity contribution in [3.63, 3.8) is 0 Å². The van der Waals surface area contributed by atoms with Crippen molar-refractivity contribution < 1.29 is 45.5 Å². The maximum absolute atomic E-state index is 14.4. The molecular weight excluding hydrogens is 585 g/mol. The second kappa shape index (κ2) is 8.80. The maximum Gasteiger partial charge on any atom is 0.486 e. The van der Waals surface area contributed by atoms with Gasteiger partial charge in [0, 0.05) is 42.7 Å². The second-order valence-electron chi connectivity index (χ2n) is 10.5. The van der Waals surface area contributed by atoms with Gasteiger partial charge >= 0.3 is 13.7 Å². The molecule has 5 saturated heterocycles. The Morgan fingerprint density at radius 3 is 2.43 bits per heavy atom. The number of phosphoric ester groups is 1. The summed E-state index contributed by atoms with van der Waals surface area (Å²) in [6.45, 7) is 0.904. The summed E-state index contributed by atoms with van der Waals surface area (Å²) in [6, 6.07) is 3.86. The van der Waals surface area contributed by atoms with Crippen molar-refractivity contribution in [3.8, 4) is 22.5 Å². The summed E-state index contributed by atoms with van der Waals surface area (Å²) in [5, 5.41) is 15.1. The first kappa shape index (κ1) is 26.2. The number of ether oxygens (including phenoxy) is 1. The van der Waals surface area contributed by atoms with Crippen LogP contribution in [0.2, 0.25) is 0 Å². The number of halogens is 4. The number of nitrogens with one attached hydrogen (secondary N) is 2. The van der Waals surface area contributed by atoms with Crippen LogP contribution in [0.1, 0.15) is 6.42 Å². The van der Waals surface area contributed by atoms with Crippen molar-refractivity contribution in [3.05, 3.63) is 66.0 Å². The lowest BCUT2D eigenvalue weighted by Gasteiger charge is -2.54. The molecule has 1 spiro atoms. The van der Waals surface area contributed by atoms with Gasteiger partial charge in [0.1, 0.15) is 17.5 Å². The van der Waals surface area contributed by atoms with Crippen LogP contribution in [0.3, 0.4) is 0 Å². The molecule has 2 aromatic heterocycles. The van der Waals surface area contributed by atoms with Gasteiger partial charge in [0.05, 0.1) is 47.6 Å². The second-order valence-corrected chi connectivity index (χ2v) is 11.9. The van der Waals surface area contributed by atoms with E-state index in [0.717, 1.165) is 24.3 Å². The predicted octanol–water partition coefficient (Wildman–Crippen LogP) is 3.94. The van der Waals surface area contributed by atoms with E-state index in [4.69, 9.17) is 18.3 Å². The van der Waals surface area contributed by atoms with Crippen LogP contribution in [0.5, 0.6) is 0 Å². The van der Waals surface area contributed by atoms with Crippen LogP contribution in [0.4, 0.5) is 23.2 Å². The molecule has 0 radical (unpaired) electrons. The Morgan fingerprint density at radius 2 is 1.71 bits per heavy atom. The minimum absolute atomic E-state index is 0.0678. The number of piperidine rings is 1. The molecule has 2 bridgehead atoms. The van der Waals surface area contributed by atoms with Crippen LogP contribution in [-0.4, -0.2) is 63.6 Å². The topological polar surface area (TPSA) is 131 Å². The summed E-state index contributed by atoms with van der Waals surface area (Å²) in [7, 11) is -4.14. The molecule has 5 aliphatic heterocycles. The van der Waals surface area contributed by atoms with Crippen molar-refractivity contribution >= 4 is 24.5 Å². The normalized spacial score (nSPS) is 30.3. The number of imidazole rings is 1. The number of fused-ring (bicyclic) bond motifs is 1. The molecule has 0 saturated carbocycles. The zero-order valence-electron chi connectivity index (χ0n) is 21.3. The van der Waals surface area contributed by atoms with Gasteiger partial charge in [-0.15, -0.1) is 0 Å². The number of phosphoric acid groups is 1. The van der Waals surface area contributed by atoms with Gasteiger partial charge in [-0.25, -0.2) is 40.7 Å². The Hall–Kier alpha value is -3.43. The number of H-pyrrole nitrogens is 1. The Morgan fingerprint density at radius 1 is 1.00 bits per heavy atom. The quantitative estimate of drug-likeness (QED) is 0.227. The SMILES string of the molecule is O=P12OC3(O1)N(c1c(-c4cc(F)cc(F)c4)cncc1-c1nc4cc(F)c(F)cc4[nH]1)CC[C@@H](NC1COC1)[C@]3(O)O2. The summed E-state index contributed by atoms with van der Waals surface area (Å²) in [5.74, 6) is -8.24. The highest BCUT2D eigenvalue weighted by molar-refractivity contribution is 7.50. The van der Waals surface area contributed by atoms with Crippen LogP contribution in [0.15, 0.2) is 42.7 Å². The predicted molar refractivity (Wildman–Crippen MR) is 137 cm³/mol. The molecule has 7 heterocycles. The number of aromatic amines is 1. The first-order valence-electron chi connectivity index (χ1n) is 12.9. The molecule has 2 atom stereocenters. The van der Waals surface area contributed by atoms with Crippen LogP contribution in [0, 0.1) is 23.3 Å². The number of aliphatic hydroxyl groups is 1. The van der Waals surface area contributed by atoms with Gasteiger partial charge in [0.15, 0.2) is 11.6 Å². The van der Waals surface area contributed by atoms with Crippen molar-refractivity contribution in [2.45, 2.75) is 30.2 Å². The summed E-state index contributed by atoms with van der Waals surface area (Å²) in [4.78, 5) is 13.0. The molecule has 9 rings (SSSR count). The van der Waals surface area contributed by atoms with E-state index in [2.05, 4.69) is 20.3 Å². The molecule has 4 aromatic rings. The minimum atomic E-state index is -4.14. The number of hydrogen-bond acceptors (Lipinski definition) is 10. The number of pyridine rings is 1. The molecule has 42 heavy (non-hydrogen) atoms. The molecule has 2 aromatic carbocycles. The summed E-state index contributed by atoms with van der Waals surface area (Å²) in [5.41, 5.74) is 0.865. The highest BCUT2D eigenvalue weighted by Crippen LogP contribution is 2.79. The summed E-state index contributed by atoms with van der Waals surface area (Å²) in [6.07, 6.45) is 2.93. The molecule has 0 amide bonds. The Labute approximate surface area is 234 Å². The van der Waals surface area contributed by atoms with Gasteiger partial charge in [-0.1, -0.05) is 0 Å². The van der Waals surface area contributed by atoms with E-state index in [1.807, 2.05) is 0 Å². The fourth-order valence-corrected chi connectivity index (χ4v) is 7.66. The molecule has 218 valence electrons. The van der Waals surface area contributed by atoms with Crippen molar-refractivity contribution in [2.75, 3.05) is 24.7 Å². The number of anilines is 1. The monoisotopic (exact) mass is 605 g/mol. The van der Waals surface area contributed by atoms with Gasteiger partial charge in [0.2, 0.25) is 0 Å². The van der Waals surface area contributed by atoms with E-state index in [0.29, 0.717) is 19.3 Å². The Balaban J connectivity index is 1.33. The minimum Gasteiger partial charge on any atom is -0.378 e. The first-order valence-corrected chi connectivity index (χ1v) is 14.4. The highest BCUT2D eigenvalue weighted by atomic mass is 31.2. The zero-order valence-corrected chi connectivity index (χ0v) is 22.2. The van der Waals surface area contributed by atoms with Gasteiger partial charge in [-0.2, -0.15) is 0 Å². The van der Waals surface area contributed by atoms with Gasteiger partial charge in [-0.3, -0.25) is 4.98 Å². The van der Waals surface area contributed by atoms with Crippen molar-refractivity contribution in [1.82, 2.24) is 20.3 Å². The third-order valence-corrected chi connectivity index (χ3v) is 9.30. The molecule has 11 nitrogen and oxygen atoms in total. The van der Waals surface area contributed by atoms with Crippen molar-refractivity contribution in [1.29, 1.82) is 0 Å². The van der Waals surface area contributed by atoms with E-state index < -0.39 is 48.8 Å². The fraction of sp³-hybridized carbons (Fsp3) is 0.308. The van der Waals surface area contributed by atoms with Gasteiger partial charge in [0.25, 0.3) is 5.79 Å². The van der Waals surface area contributed by atoms with Crippen LogP contribution in [-0.2, 0) is 22.9 Å². The van der Waals surface area contributed by atoms with E-state index in [-0.39, 0.29) is 58.2 Å². The van der Waals surface area contributed by atoms with E-state index in [1.165, 1.54) is 17.3 Å². The molecular formula is C26H20F4N5O6P. The number of rotatable bonds is 5. The van der Waals surface area contributed by atoms with E-state index in [9.17, 15) is 27.2 Å². The van der Waals surface area contributed by atoms with Gasteiger partial charge in [-0.05, 0) is 24.1 Å². The van der Waals surface area contributed by atoms with Crippen LogP contribution >= 0.6 is 7.82 Å². The largest absolute Gasteiger partial charge is 0.486 e. The van der Waals surface area contributed by atoms with E-state index >= 15 is 0 Å². The Bertz CT molecular complexity index is 1770. The lowest BCUT2D eigenvalue weighted by molar-refractivity contribution is -0.306. The summed E-state index contributed by atoms with van der Waals surface area (Å²) < 4.78 is 92.0. The molecule has 5 aliphatic rings. The molecule has 0 aliphatic carbocycles. The maximum atomic E-state index is 14.4. The number of nitrogens with zero attached hydrogens (tertiary/aromatic N) is 3. The number of benzene rings is 2. The molecule has 16 heteroatoms. The average Bonchev–Trinajstić information content (AvgIpc) is 3.48. The standard InChI is InChI=1S/C26H20F4N5O6P/c27-13-3-12(4-14(28)5-13)16-8-31-9-17(24-33-20-6-18(29)19(30)7-21(20)34-24)23(16)35-2-1-22(32-15-10-38-11-15)25(36)26(35)40-42(37,39-25)41-26/h3-9,15,22,32,36H,1-2,10-11H2,(H,33,34)/t22-,25+,26?,42?/m1/s1. The zero-order chi connectivity index (χ0) is 29.0. The third-order valence-electron chi connectivity index (χ3n) is 7.86. The third kappa shape index (κ3) is 3.65. The lowest BCUT2D eigenvalue weighted by atomic mass is 9.90. The fourth-order valence-electron chi connectivity index (χ4n) is 5.93. The van der Waals surface area contributed by atoms with Crippen LogP contribution in [0.25, 0.3) is 33.5 Å². The smallest absolute Gasteiger partial charge is 0.378 e. The van der Waals surface area contributed by atoms with Gasteiger partial charge < -0.3 is 25.0 Å². The molecule has 5 fully saturated rings. The Kier molecular flexibility index (Phi) is 5.49. The van der Waals surface area contributed by atoms with Crippen molar-refractivity contribution in [2.24, 2.45) is 0 Å². The summed E-state index contributed by atoms with van der Waals surface area (Å²) >= 11 is 0.